The third-order valence-corrected chi connectivity index (χ3v) is 1.44. The van der Waals surface area contributed by atoms with Gasteiger partial charge in [-0.3, -0.25) is 9.63 Å². The van der Waals surface area contributed by atoms with Gasteiger partial charge in [-0.2, -0.15) is 0 Å². The van der Waals surface area contributed by atoms with Gasteiger partial charge in [0.05, 0.1) is 5.57 Å². The number of carbonyl (C=O) groups is 1. The van der Waals surface area contributed by atoms with Crippen LogP contribution in [0.1, 0.15) is 6.92 Å². The summed E-state index contributed by atoms with van der Waals surface area (Å²) in [6.07, 6.45) is 0. The van der Waals surface area contributed by atoms with E-state index in [-0.39, 0.29) is 18.3 Å². The molecule has 0 unspecified atom stereocenters. The number of aliphatic hydroxyl groups excluding tert-OH is 1. The first kappa shape index (κ1) is 7.08. The number of carbonyl (C=O) groups excluding carboxylic acids is 1. The van der Waals surface area contributed by atoms with Crippen molar-refractivity contribution in [3.63, 3.8) is 0 Å². The standard InChI is InChI=1S/C6H9NO3/c1-4-5(8)3-10-7(2)6(4)9/h9H,3H2,1-2H3. The van der Waals surface area contributed by atoms with Crippen LogP contribution in [0.5, 0.6) is 0 Å². The van der Waals surface area contributed by atoms with E-state index in [0.717, 1.165) is 0 Å². The van der Waals surface area contributed by atoms with Gasteiger partial charge in [0.2, 0.25) is 5.88 Å². The Kier molecular flexibility index (Phi) is 1.63. The number of Topliss-reactive ketones (excluding diaryl/α,β-unsaturated/α-hetero) is 1. The van der Waals surface area contributed by atoms with Gasteiger partial charge >= 0.3 is 0 Å². The van der Waals surface area contributed by atoms with Crippen molar-refractivity contribution in [1.29, 1.82) is 0 Å². The first-order valence-corrected chi connectivity index (χ1v) is 2.92. The van der Waals surface area contributed by atoms with Gasteiger partial charge in [0.25, 0.3) is 0 Å². The van der Waals surface area contributed by atoms with Crippen LogP contribution in [-0.4, -0.2) is 29.6 Å². The van der Waals surface area contributed by atoms with Crippen LogP contribution in [0, 0.1) is 0 Å². The van der Waals surface area contributed by atoms with E-state index in [1.807, 2.05) is 0 Å². The molecule has 0 spiro atoms. The van der Waals surface area contributed by atoms with Crippen molar-refractivity contribution >= 4 is 5.78 Å². The zero-order valence-electron chi connectivity index (χ0n) is 5.92. The second kappa shape index (κ2) is 2.30. The van der Waals surface area contributed by atoms with Gasteiger partial charge in [0, 0.05) is 7.05 Å². The summed E-state index contributed by atoms with van der Waals surface area (Å²) in [5.74, 6) is -0.271. The minimum Gasteiger partial charge on any atom is -0.493 e. The van der Waals surface area contributed by atoms with Crippen molar-refractivity contribution in [2.75, 3.05) is 13.7 Å². The number of nitrogens with zero attached hydrogens (tertiary/aromatic N) is 1. The summed E-state index contributed by atoms with van der Waals surface area (Å²) in [5, 5.41) is 10.3. The van der Waals surface area contributed by atoms with Crippen LogP contribution in [-0.2, 0) is 9.63 Å². The summed E-state index contributed by atoms with van der Waals surface area (Å²) < 4.78 is 0. The van der Waals surface area contributed by atoms with Crippen molar-refractivity contribution in [1.82, 2.24) is 5.06 Å². The van der Waals surface area contributed by atoms with Crippen LogP contribution in [0.4, 0.5) is 0 Å². The van der Waals surface area contributed by atoms with E-state index in [4.69, 9.17) is 9.94 Å². The molecule has 0 radical (unpaired) electrons. The van der Waals surface area contributed by atoms with Gasteiger partial charge < -0.3 is 5.11 Å². The fourth-order valence-electron chi connectivity index (χ4n) is 0.686. The van der Waals surface area contributed by atoms with E-state index in [0.29, 0.717) is 5.57 Å². The van der Waals surface area contributed by atoms with E-state index >= 15 is 0 Å². The van der Waals surface area contributed by atoms with Crippen molar-refractivity contribution in [3.8, 4) is 0 Å². The molecule has 0 saturated heterocycles. The number of hydrogen-bond acceptors (Lipinski definition) is 4. The number of hydroxylamine groups is 2. The zero-order chi connectivity index (χ0) is 7.72. The number of aliphatic hydroxyl groups is 1. The SMILES string of the molecule is CC1=C(O)N(C)OCC1=O. The minimum atomic E-state index is -0.171. The minimum absolute atomic E-state index is 0.0202. The van der Waals surface area contributed by atoms with E-state index in [9.17, 15) is 4.79 Å². The maximum atomic E-state index is 10.8. The van der Waals surface area contributed by atoms with Crippen molar-refractivity contribution in [2.24, 2.45) is 0 Å². The van der Waals surface area contributed by atoms with Crippen LogP contribution in [0.25, 0.3) is 0 Å². The molecule has 0 aromatic heterocycles. The Balaban J connectivity index is 2.92. The zero-order valence-corrected chi connectivity index (χ0v) is 5.92. The predicted molar refractivity (Wildman–Crippen MR) is 34.1 cm³/mol. The molecule has 4 heteroatoms. The Morgan fingerprint density at radius 2 is 2.30 bits per heavy atom. The Labute approximate surface area is 58.7 Å². The third kappa shape index (κ3) is 0.974. The van der Waals surface area contributed by atoms with E-state index in [2.05, 4.69) is 0 Å². The number of rotatable bonds is 0. The summed E-state index contributed by atoms with van der Waals surface area (Å²) in [6.45, 7) is 1.59. The topological polar surface area (TPSA) is 49.8 Å². The lowest BCUT2D eigenvalue weighted by atomic mass is 10.2. The van der Waals surface area contributed by atoms with E-state index < -0.39 is 0 Å². The highest BCUT2D eigenvalue weighted by Crippen LogP contribution is 2.12. The van der Waals surface area contributed by atoms with Crippen molar-refractivity contribution in [3.05, 3.63) is 11.5 Å². The molecule has 0 aromatic rings. The molecule has 0 bridgehead atoms. The maximum absolute atomic E-state index is 10.8. The second-order valence-electron chi connectivity index (χ2n) is 2.14. The monoisotopic (exact) mass is 143 g/mol. The smallest absolute Gasteiger partial charge is 0.217 e. The van der Waals surface area contributed by atoms with Crippen molar-refractivity contribution < 1.29 is 14.7 Å². The van der Waals surface area contributed by atoms with Crippen LogP contribution in [0.2, 0.25) is 0 Å². The molecule has 0 atom stereocenters. The van der Waals surface area contributed by atoms with Gasteiger partial charge in [-0.1, -0.05) is 0 Å². The summed E-state index contributed by atoms with van der Waals surface area (Å²) in [7, 11) is 1.55. The normalized spacial score (nSPS) is 20.2. The Morgan fingerprint density at radius 1 is 1.70 bits per heavy atom. The molecular weight excluding hydrogens is 134 g/mol. The Hall–Kier alpha value is -1.03. The third-order valence-electron chi connectivity index (χ3n) is 1.44. The number of ketones is 1. The molecule has 4 nitrogen and oxygen atoms in total. The summed E-state index contributed by atoms with van der Waals surface area (Å²) in [5.41, 5.74) is 0.355. The highest BCUT2D eigenvalue weighted by atomic mass is 16.7. The van der Waals surface area contributed by atoms with Crippen LogP contribution in [0.3, 0.4) is 0 Å². The number of hydrogen-bond donors (Lipinski definition) is 1. The average Bonchev–Trinajstić information content (AvgIpc) is 1.93. The Bertz CT molecular complexity index is 197. The largest absolute Gasteiger partial charge is 0.493 e. The molecule has 10 heavy (non-hydrogen) atoms. The first-order chi connectivity index (χ1) is 4.63. The highest BCUT2D eigenvalue weighted by Gasteiger charge is 2.20. The van der Waals surface area contributed by atoms with Crippen LogP contribution < -0.4 is 0 Å². The molecule has 56 valence electrons. The summed E-state index contributed by atoms with van der Waals surface area (Å²) >= 11 is 0. The molecular formula is C6H9NO3. The van der Waals surface area contributed by atoms with Gasteiger partial charge in [0.15, 0.2) is 5.78 Å². The first-order valence-electron chi connectivity index (χ1n) is 2.92. The quantitative estimate of drug-likeness (QED) is 0.527. The van der Waals surface area contributed by atoms with E-state index in [1.54, 1.807) is 14.0 Å². The average molecular weight is 143 g/mol. The van der Waals surface area contributed by atoms with Gasteiger partial charge in [0.1, 0.15) is 6.61 Å². The predicted octanol–water partition coefficient (Wildman–Crippen LogP) is 0.222. The molecule has 0 aliphatic carbocycles. The molecule has 0 amide bonds. The summed E-state index contributed by atoms with van der Waals surface area (Å²) in [6, 6.07) is 0. The summed E-state index contributed by atoms with van der Waals surface area (Å²) in [4.78, 5) is 15.5. The lowest BCUT2D eigenvalue weighted by Gasteiger charge is -2.22. The van der Waals surface area contributed by atoms with Crippen molar-refractivity contribution in [2.45, 2.75) is 6.92 Å². The molecule has 0 saturated carbocycles. The van der Waals surface area contributed by atoms with E-state index in [1.165, 1.54) is 5.06 Å². The van der Waals surface area contributed by atoms with Crippen LogP contribution in [0.15, 0.2) is 11.5 Å². The van der Waals surface area contributed by atoms with Gasteiger partial charge in [-0.15, -0.1) is 0 Å². The molecule has 1 aliphatic heterocycles. The fraction of sp³-hybridized carbons (Fsp3) is 0.500. The van der Waals surface area contributed by atoms with Gasteiger partial charge in [-0.25, -0.2) is 5.06 Å². The second-order valence-corrected chi connectivity index (χ2v) is 2.14. The molecule has 0 fully saturated rings. The molecule has 1 heterocycles. The Morgan fingerprint density at radius 3 is 2.80 bits per heavy atom. The highest BCUT2D eigenvalue weighted by molar-refractivity contribution is 5.96. The lowest BCUT2D eigenvalue weighted by Crippen LogP contribution is -2.30. The fourth-order valence-corrected chi connectivity index (χ4v) is 0.686. The molecule has 0 aromatic carbocycles. The van der Waals surface area contributed by atoms with Gasteiger partial charge in [-0.05, 0) is 6.92 Å². The molecule has 1 N–H and O–H groups in total. The molecule has 1 rings (SSSR count). The van der Waals surface area contributed by atoms with Crippen LogP contribution >= 0.6 is 0 Å². The maximum Gasteiger partial charge on any atom is 0.217 e. The lowest BCUT2D eigenvalue weighted by molar-refractivity contribution is -0.164. The molecule has 1 aliphatic rings.